The number of aryl methyl sites for hydroxylation is 2. The Morgan fingerprint density at radius 1 is 1.07 bits per heavy atom. The van der Waals surface area contributed by atoms with Gasteiger partial charge in [0.25, 0.3) is 0 Å². The van der Waals surface area contributed by atoms with E-state index in [1.165, 1.54) is 23.7 Å². The Kier molecular flexibility index (Phi) is 5.54. The van der Waals surface area contributed by atoms with E-state index >= 15 is 0 Å². The highest BCUT2D eigenvalue weighted by molar-refractivity contribution is 7.88. The Bertz CT molecular complexity index is 390. The zero-order valence-corrected chi connectivity index (χ0v) is 10.8. The van der Waals surface area contributed by atoms with Crippen LogP contribution in [0.25, 0.3) is 0 Å². The quantitative estimate of drug-likeness (QED) is 0.798. The highest BCUT2D eigenvalue weighted by atomic mass is 32.2. The van der Waals surface area contributed by atoms with Gasteiger partial charge in [0.2, 0.25) is 10.0 Å². The van der Waals surface area contributed by atoms with E-state index in [1.807, 2.05) is 0 Å². The smallest absolute Gasteiger partial charge is 0.208 e. The maximum atomic E-state index is 9.89. The molecule has 0 saturated heterocycles. The number of hydrogen-bond acceptors (Lipinski definition) is 2. The van der Waals surface area contributed by atoms with Crippen molar-refractivity contribution in [3.05, 3.63) is 34.9 Å². The number of hydrogen-bond donors (Lipinski definition) is 1. The van der Waals surface area contributed by atoms with Gasteiger partial charge in [0, 0.05) is 0 Å². The number of rotatable bonds is 1. The standard InChI is InChI=1S/C9H12.C2H7NO2S/c1-7-5-4-6-8(2)9(7)3;1-3-6(2,4)5/h4-6H,1-3H3;3H,1-2H3. The molecular weight excluding hydrogens is 210 g/mol. The van der Waals surface area contributed by atoms with Crippen molar-refractivity contribution in [2.45, 2.75) is 20.8 Å². The van der Waals surface area contributed by atoms with Crippen LogP contribution in [0.4, 0.5) is 0 Å². The fraction of sp³-hybridized carbons (Fsp3) is 0.455. The maximum Gasteiger partial charge on any atom is 0.208 e. The first-order valence-electron chi connectivity index (χ1n) is 4.69. The highest BCUT2D eigenvalue weighted by Gasteiger charge is 1.91. The summed E-state index contributed by atoms with van der Waals surface area (Å²) in [5, 5.41) is 0. The van der Waals surface area contributed by atoms with Gasteiger partial charge in [-0.3, -0.25) is 0 Å². The zero-order chi connectivity index (χ0) is 12.1. The lowest BCUT2D eigenvalue weighted by Gasteiger charge is -2.00. The van der Waals surface area contributed by atoms with Crippen molar-refractivity contribution in [3.63, 3.8) is 0 Å². The van der Waals surface area contributed by atoms with Crippen LogP contribution in [0, 0.1) is 20.8 Å². The molecule has 0 spiro atoms. The van der Waals surface area contributed by atoms with Gasteiger partial charge in [-0.15, -0.1) is 0 Å². The number of benzene rings is 1. The highest BCUT2D eigenvalue weighted by Crippen LogP contribution is 2.09. The summed E-state index contributed by atoms with van der Waals surface area (Å²) in [5.41, 5.74) is 4.18. The largest absolute Gasteiger partial charge is 0.219 e. The third kappa shape index (κ3) is 6.25. The molecule has 0 aliphatic rings. The van der Waals surface area contributed by atoms with Gasteiger partial charge in [-0.1, -0.05) is 18.2 Å². The molecule has 1 aromatic rings. The summed E-state index contributed by atoms with van der Waals surface area (Å²) in [5.74, 6) is 0. The topological polar surface area (TPSA) is 46.2 Å². The normalized spacial score (nSPS) is 10.5. The van der Waals surface area contributed by atoms with Crippen molar-refractivity contribution in [1.29, 1.82) is 0 Å². The van der Waals surface area contributed by atoms with Gasteiger partial charge in [0.15, 0.2) is 0 Å². The maximum absolute atomic E-state index is 9.89. The molecule has 0 amide bonds. The molecule has 0 radical (unpaired) electrons. The molecule has 3 nitrogen and oxygen atoms in total. The van der Waals surface area contributed by atoms with Crippen LogP contribution in [0.1, 0.15) is 16.7 Å². The molecule has 0 aliphatic carbocycles. The lowest BCUT2D eigenvalue weighted by atomic mass is 10.1. The molecule has 0 saturated carbocycles. The van der Waals surface area contributed by atoms with Crippen LogP contribution in [-0.4, -0.2) is 21.7 Å². The van der Waals surface area contributed by atoms with Crippen LogP contribution in [-0.2, 0) is 10.0 Å². The molecule has 15 heavy (non-hydrogen) atoms. The van der Waals surface area contributed by atoms with Gasteiger partial charge in [-0.2, -0.15) is 0 Å². The van der Waals surface area contributed by atoms with Crippen LogP contribution < -0.4 is 4.72 Å². The van der Waals surface area contributed by atoms with E-state index in [1.54, 1.807) is 0 Å². The second kappa shape index (κ2) is 5.88. The molecule has 0 aliphatic heterocycles. The number of sulfonamides is 1. The van der Waals surface area contributed by atoms with Gasteiger partial charge in [0.1, 0.15) is 0 Å². The summed E-state index contributed by atoms with van der Waals surface area (Å²) in [7, 11) is -1.54. The second-order valence-corrected chi connectivity index (χ2v) is 5.45. The van der Waals surface area contributed by atoms with E-state index in [0.717, 1.165) is 6.26 Å². The van der Waals surface area contributed by atoms with Crippen molar-refractivity contribution in [2.24, 2.45) is 0 Å². The molecule has 0 aromatic heterocycles. The minimum absolute atomic E-state index is 1.10. The molecule has 4 heteroatoms. The molecule has 0 atom stereocenters. The van der Waals surface area contributed by atoms with Crippen LogP contribution in [0.2, 0.25) is 0 Å². The minimum atomic E-state index is -2.91. The molecule has 86 valence electrons. The molecule has 1 aromatic carbocycles. The molecule has 0 bridgehead atoms. The van der Waals surface area contributed by atoms with Crippen LogP contribution >= 0.6 is 0 Å². The Labute approximate surface area is 92.6 Å². The molecule has 0 fully saturated rings. The summed E-state index contributed by atoms with van der Waals surface area (Å²) in [6.07, 6.45) is 1.10. The van der Waals surface area contributed by atoms with E-state index in [2.05, 4.69) is 43.7 Å². The first-order chi connectivity index (χ1) is 6.78. The predicted molar refractivity (Wildman–Crippen MR) is 64.6 cm³/mol. The Hall–Kier alpha value is -0.870. The van der Waals surface area contributed by atoms with Crippen molar-refractivity contribution in [2.75, 3.05) is 13.3 Å². The van der Waals surface area contributed by atoms with Crippen molar-refractivity contribution in [1.82, 2.24) is 4.72 Å². The first-order valence-corrected chi connectivity index (χ1v) is 6.58. The first kappa shape index (κ1) is 14.1. The molecular formula is C11H19NO2S. The Morgan fingerprint density at radius 3 is 1.60 bits per heavy atom. The third-order valence-corrected chi connectivity index (χ3v) is 2.99. The molecule has 1 rings (SSSR count). The van der Waals surface area contributed by atoms with Crippen LogP contribution in [0.5, 0.6) is 0 Å². The minimum Gasteiger partial charge on any atom is -0.219 e. The average molecular weight is 229 g/mol. The second-order valence-electron chi connectivity index (χ2n) is 3.49. The van der Waals surface area contributed by atoms with Crippen LogP contribution in [0.15, 0.2) is 18.2 Å². The number of nitrogens with one attached hydrogen (secondary N) is 1. The van der Waals surface area contributed by atoms with Gasteiger partial charge >= 0.3 is 0 Å². The summed E-state index contributed by atoms with van der Waals surface area (Å²) >= 11 is 0. The molecule has 0 heterocycles. The third-order valence-electron chi connectivity index (χ3n) is 2.25. The Morgan fingerprint density at radius 2 is 1.40 bits per heavy atom. The molecule has 1 N–H and O–H groups in total. The van der Waals surface area contributed by atoms with E-state index in [0.29, 0.717) is 0 Å². The van der Waals surface area contributed by atoms with Crippen molar-refractivity contribution >= 4 is 10.0 Å². The van der Waals surface area contributed by atoms with E-state index < -0.39 is 10.0 Å². The van der Waals surface area contributed by atoms with Gasteiger partial charge in [-0.25, -0.2) is 13.1 Å². The summed E-state index contributed by atoms with van der Waals surface area (Å²) in [4.78, 5) is 0. The average Bonchev–Trinajstić information content (AvgIpc) is 2.14. The SMILES string of the molecule is CNS(C)(=O)=O.Cc1cccc(C)c1C. The van der Waals surface area contributed by atoms with Gasteiger partial charge in [-0.05, 0) is 44.5 Å². The van der Waals surface area contributed by atoms with E-state index in [9.17, 15) is 8.42 Å². The lowest BCUT2D eigenvalue weighted by molar-refractivity contribution is 0.594. The van der Waals surface area contributed by atoms with E-state index in [4.69, 9.17) is 0 Å². The summed E-state index contributed by atoms with van der Waals surface area (Å²) in [6.45, 7) is 6.44. The van der Waals surface area contributed by atoms with Crippen LogP contribution in [0.3, 0.4) is 0 Å². The summed E-state index contributed by atoms with van der Waals surface area (Å²) in [6, 6.07) is 6.38. The fourth-order valence-electron chi connectivity index (χ4n) is 0.898. The Balaban J connectivity index is 0.000000288. The lowest BCUT2D eigenvalue weighted by Crippen LogP contribution is -2.15. The fourth-order valence-corrected chi connectivity index (χ4v) is 0.898. The summed E-state index contributed by atoms with van der Waals surface area (Å²) < 4.78 is 21.9. The molecule has 0 unspecified atom stereocenters. The van der Waals surface area contributed by atoms with Gasteiger partial charge < -0.3 is 0 Å². The van der Waals surface area contributed by atoms with Gasteiger partial charge in [0.05, 0.1) is 6.26 Å². The van der Waals surface area contributed by atoms with Crippen molar-refractivity contribution < 1.29 is 8.42 Å². The van der Waals surface area contributed by atoms with E-state index in [-0.39, 0.29) is 0 Å². The zero-order valence-electron chi connectivity index (χ0n) is 9.96. The predicted octanol–water partition coefficient (Wildman–Crippen LogP) is 1.78. The monoisotopic (exact) mass is 229 g/mol. The van der Waals surface area contributed by atoms with Crippen molar-refractivity contribution in [3.8, 4) is 0 Å².